The van der Waals surface area contributed by atoms with Crippen LogP contribution >= 0.6 is 11.3 Å². The van der Waals surface area contributed by atoms with Gasteiger partial charge in [-0.2, -0.15) is 0 Å². The molecule has 100 valence electrons. The second-order valence-corrected chi connectivity index (χ2v) is 6.96. The first-order valence-corrected chi connectivity index (χ1v) is 7.90. The number of rotatable bonds is 4. The van der Waals surface area contributed by atoms with Gasteiger partial charge in [-0.1, -0.05) is 0 Å². The van der Waals surface area contributed by atoms with Gasteiger partial charge in [0.15, 0.2) is 0 Å². The minimum Gasteiger partial charge on any atom is -0.478 e. The summed E-state index contributed by atoms with van der Waals surface area (Å²) < 4.78 is 26.7. The second kappa shape index (κ2) is 5.35. The summed E-state index contributed by atoms with van der Waals surface area (Å²) in [5.74, 6) is -1.12. The number of piperidine rings is 1. The molecule has 1 aromatic rings. The van der Waals surface area contributed by atoms with E-state index < -0.39 is 16.0 Å². The Morgan fingerprint density at radius 2 is 2.11 bits per heavy atom. The lowest BCUT2D eigenvalue weighted by Crippen LogP contribution is -2.42. The van der Waals surface area contributed by atoms with Crippen LogP contribution in [-0.2, 0) is 10.0 Å². The van der Waals surface area contributed by atoms with Crippen LogP contribution in [0.25, 0.3) is 0 Å². The van der Waals surface area contributed by atoms with Crippen molar-refractivity contribution in [2.75, 3.05) is 13.1 Å². The lowest BCUT2D eigenvalue weighted by Gasteiger charge is -2.23. The lowest BCUT2D eigenvalue weighted by molar-refractivity contribution is 0.0697. The van der Waals surface area contributed by atoms with Crippen LogP contribution in [0.5, 0.6) is 0 Å². The molecule has 0 aliphatic carbocycles. The van der Waals surface area contributed by atoms with Gasteiger partial charge in [-0.05, 0) is 32.0 Å². The fraction of sp³-hybridized carbons (Fsp3) is 0.500. The number of carbonyl (C=O) groups is 1. The van der Waals surface area contributed by atoms with Crippen molar-refractivity contribution in [3.63, 3.8) is 0 Å². The van der Waals surface area contributed by atoms with E-state index in [-0.39, 0.29) is 15.8 Å². The Kier molecular flexibility index (Phi) is 4.00. The molecule has 1 aromatic heterocycles. The number of sulfonamides is 1. The van der Waals surface area contributed by atoms with Gasteiger partial charge in [0, 0.05) is 11.4 Å². The predicted molar refractivity (Wildman–Crippen MR) is 67.5 cm³/mol. The summed E-state index contributed by atoms with van der Waals surface area (Å²) in [7, 11) is -3.60. The smallest absolute Gasteiger partial charge is 0.336 e. The fourth-order valence-electron chi connectivity index (χ4n) is 1.79. The molecular formula is C10H14N2O4S2. The maximum atomic E-state index is 12.0. The Balaban J connectivity index is 2.11. The van der Waals surface area contributed by atoms with Crippen molar-refractivity contribution < 1.29 is 18.3 Å². The van der Waals surface area contributed by atoms with Crippen LogP contribution in [0.3, 0.4) is 0 Å². The van der Waals surface area contributed by atoms with Gasteiger partial charge in [0.25, 0.3) is 0 Å². The van der Waals surface area contributed by atoms with E-state index in [0.717, 1.165) is 37.3 Å². The topological polar surface area (TPSA) is 95.5 Å². The van der Waals surface area contributed by atoms with Crippen LogP contribution in [0.1, 0.15) is 23.2 Å². The monoisotopic (exact) mass is 290 g/mol. The molecule has 8 heteroatoms. The van der Waals surface area contributed by atoms with E-state index in [1.165, 1.54) is 11.4 Å². The van der Waals surface area contributed by atoms with Gasteiger partial charge in [0.2, 0.25) is 10.0 Å². The highest BCUT2D eigenvalue weighted by molar-refractivity contribution is 7.91. The molecule has 1 aliphatic rings. The summed E-state index contributed by atoms with van der Waals surface area (Å²) in [6, 6.07) is 1.11. The van der Waals surface area contributed by atoms with E-state index in [1.54, 1.807) is 0 Å². The van der Waals surface area contributed by atoms with E-state index in [9.17, 15) is 13.2 Å². The summed E-state index contributed by atoms with van der Waals surface area (Å²) >= 11 is 0.926. The molecule has 1 fully saturated rings. The molecular weight excluding hydrogens is 276 g/mol. The highest BCUT2D eigenvalue weighted by Crippen LogP contribution is 2.21. The zero-order valence-electron chi connectivity index (χ0n) is 9.55. The van der Waals surface area contributed by atoms with Crippen molar-refractivity contribution >= 4 is 27.3 Å². The van der Waals surface area contributed by atoms with Crippen LogP contribution in [-0.4, -0.2) is 38.6 Å². The zero-order valence-corrected chi connectivity index (χ0v) is 11.2. The Labute approximate surface area is 109 Å². The molecule has 1 saturated heterocycles. The van der Waals surface area contributed by atoms with Gasteiger partial charge in [0.05, 0.1) is 5.56 Å². The molecule has 0 amide bonds. The largest absolute Gasteiger partial charge is 0.478 e. The highest BCUT2D eigenvalue weighted by Gasteiger charge is 2.23. The first-order valence-electron chi connectivity index (χ1n) is 5.54. The Morgan fingerprint density at radius 1 is 1.44 bits per heavy atom. The molecule has 2 heterocycles. The molecule has 3 N–H and O–H groups in total. The number of hydrogen-bond donors (Lipinski definition) is 3. The number of carboxylic acid groups (broad SMARTS) is 1. The van der Waals surface area contributed by atoms with E-state index >= 15 is 0 Å². The summed E-state index contributed by atoms with van der Waals surface area (Å²) in [6.45, 7) is 1.58. The quantitative estimate of drug-likeness (QED) is 0.749. The molecule has 6 nitrogen and oxygen atoms in total. The third-order valence-electron chi connectivity index (χ3n) is 2.75. The molecule has 0 radical (unpaired) electrons. The number of carboxylic acids is 1. The number of thiophene rings is 1. The molecule has 0 aromatic carbocycles. The van der Waals surface area contributed by atoms with Crippen molar-refractivity contribution in [2.24, 2.45) is 0 Å². The summed E-state index contributed by atoms with van der Waals surface area (Å²) in [5.41, 5.74) is 0.00526. The summed E-state index contributed by atoms with van der Waals surface area (Å²) in [6.07, 6.45) is 1.49. The number of aromatic carboxylic acids is 1. The minimum absolute atomic E-state index is 0.00526. The van der Waals surface area contributed by atoms with Crippen molar-refractivity contribution in [1.82, 2.24) is 10.0 Å². The van der Waals surface area contributed by atoms with Crippen molar-refractivity contribution in [3.8, 4) is 0 Å². The maximum Gasteiger partial charge on any atom is 0.336 e. The van der Waals surface area contributed by atoms with Crippen LogP contribution < -0.4 is 10.0 Å². The molecule has 1 aliphatic heterocycles. The number of hydrogen-bond acceptors (Lipinski definition) is 5. The Morgan fingerprint density at radius 3 is 2.67 bits per heavy atom. The van der Waals surface area contributed by atoms with Gasteiger partial charge >= 0.3 is 5.97 Å². The summed E-state index contributed by atoms with van der Waals surface area (Å²) in [4.78, 5) is 10.7. The Bertz CT molecular complexity index is 532. The van der Waals surface area contributed by atoms with E-state index in [4.69, 9.17) is 5.11 Å². The molecule has 2 rings (SSSR count). The Hall–Kier alpha value is -0.960. The predicted octanol–water partition coefficient (Wildman–Crippen LogP) is 0.477. The van der Waals surface area contributed by atoms with Gasteiger partial charge in [0.1, 0.15) is 4.21 Å². The third kappa shape index (κ3) is 3.08. The lowest BCUT2D eigenvalue weighted by atomic mass is 10.1. The first-order chi connectivity index (χ1) is 8.49. The van der Waals surface area contributed by atoms with E-state index in [2.05, 4.69) is 10.0 Å². The summed E-state index contributed by atoms with van der Waals surface area (Å²) in [5, 5.41) is 13.3. The third-order valence-corrected chi connectivity index (χ3v) is 5.71. The molecule has 18 heavy (non-hydrogen) atoms. The second-order valence-electron chi connectivity index (χ2n) is 4.11. The van der Waals surface area contributed by atoms with Crippen LogP contribution in [0.4, 0.5) is 0 Å². The van der Waals surface area contributed by atoms with Crippen LogP contribution in [0.15, 0.2) is 15.7 Å². The first kappa shape index (κ1) is 13.5. The van der Waals surface area contributed by atoms with Crippen LogP contribution in [0.2, 0.25) is 0 Å². The van der Waals surface area contributed by atoms with Crippen molar-refractivity contribution in [2.45, 2.75) is 23.1 Å². The maximum absolute atomic E-state index is 12.0. The van der Waals surface area contributed by atoms with E-state index in [1.807, 2.05) is 0 Å². The molecule has 0 spiro atoms. The zero-order chi connectivity index (χ0) is 13.2. The molecule has 0 unspecified atom stereocenters. The van der Waals surface area contributed by atoms with Crippen molar-refractivity contribution in [1.29, 1.82) is 0 Å². The van der Waals surface area contributed by atoms with Crippen molar-refractivity contribution in [3.05, 3.63) is 17.0 Å². The van der Waals surface area contributed by atoms with Gasteiger partial charge in [-0.15, -0.1) is 11.3 Å². The molecule has 0 bridgehead atoms. The highest BCUT2D eigenvalue weighted by atomic mass is 32.2. The molecule has 0 saturated carbocycles. The number of nitrogens with one attached hydrogen (secondary N) is 2. The van der Waals surface area contributed by atoms with Crippen LogP contribution in [0, 0.1) is 0 Å². The normalized spacial score (nSPS) is 17.8. The SMILES string of the molecule is O=C(O)c1csc(S(=O)(=O)NC2CCNCC2)c1. The van der Waals surface area contributed by atoms with Gasteiger partial charge in [-0.25, -0.2) is 17.9 Å². The van der Waals surface area contributed by atoms with Gasteiger partial charge < -0.3 is 10.4 Å². The fourth-order valence-corrected chi connectivity index (χ4v) is 4.26. The van der Waals surface area contributed by atoms with Gasteiger partial charge in [-0.3, -0.25) is 0 Å². The standard InChI is InChI=1S/C10H14N2O4S2/c13-10(14)7-5-9(17-6-7)18(15,16)12-8-1-3-11-4-2-8/h5-6,8,11-12H,1-4H2,(H,13,14). The average molecular weight is 290 g/mol. The minimum atomic E-state index is -3.60. The average Bonchev–Trinajstić information content (AvgIpc) is 2.79. The molecule has 0 atom stereocenters. The van der Waals surface area contributed by atoms with E-state index in [0.29, 0.717) is 0 Å².